The van der Waals surface area contributed by atoms with Crippen LogP contribution in [0.4, 0.5) is 11.4 Å². The second-order valence-corrected chi connectivity index (χ2v) is 6.20. The summed E-state index contributed by atoms with van der Waals surface area (Å²) in [7, 11) is 0. The summed E-state index contributed by atoms with van der Waals surface area (Å²) >= 11 is 9.33. The van der Waals surface area contributed by atoms with Crippen LogP contribution in [-0.2, 0) is 0 Å². The molecule has 0 radical (unpaired) electrons. The molecule has 24 heavy (non-hydrogen) atoms. The van der Waals surface area contributed by atoms with E-state index in [1.807, 2.05) is 12.1 Å². The molecular weight excluding hydrogens is 398 g/mol. The highest BCUT2D eigenvalue weighted by Gasteiger charge is 2.10. The molecule has 6 nitrogen and oxygen atoms in total. The Kier molecular flexibility index (Phi) is 6.57. The summed E-state index contributed by atoms with van der Waals surface area (Å²) in [5, 5.41) is 16.9. The summed E-state index contributed by atoms with van der Waals surface area (Å²) in [6.07, 6.45) is 0.684. The van der Waals surface area contributed by atoms with Gasteiger partial charge >= 0.3 is 0 Å². The van der Waals surface area contributed by atoms with Gasteiger partial charge in [0.25, 0.3) is 11.6 Å². The maximum absolute atomic E-state index is 12.0. The standard InChI is InChI=1S/C16H15BrClN3O3/c17-13-5-2-1-4-12(13)16(22)20-9-3-8-19-15-7-6-11(21(23)24)10-14(15)18/h1-2,4-7,10,19H,3,8-9H2,(H,20,22). The van der Waals surface area contributed by atoms with Crippen LogP contribution in [0, 0.1) is 10.1 Å². The van der Waals surface area contributed by atoms with Crippen LogP contribution in [0.5, 0.6) is 0 Å². The second-order valence-electron chi connectivity index (χ2n) is 4.94. The molecule has 0 aromatic heterocycles. The zero-order chi connectivity index (χ0) is 17.5. The van der Waals surface area contributed by atoms with E-state index in [1.165, 1.54) is 12.1 Å². The summed E-state index contributed by atoms with van der Waals surface area (Å²) in [5.74, 6) is -0.143. The predicted molar refractivity (Wildman–Crippen MR) is 97.7 cm³/mol. The van der Waals surface area contributed by atoms with Crippen molar-refractivity contribution in [3.05, 3.63) is 67.6 Å². The Labute approximate surface area is 152 Å². The lowest BCUT2D eigenvalue weighted by atomic mass is 10.2. The first-order chi connectivity index (χ1) is 11.5. The van der Waals surface area contributed by atoms with Gasteiger partial charge in [0.05, 0.1) is 21.2 Å². The second kappa shape index (κ2) is 8.65. The van der Waals surface area contributed by atoms with Crippen molar-refractivity contribution in [2.24, 2.45) is 0 Å². The Morgan fingerprint density at radius 2 is 1.96 bits per heavy atom. The lowest BCUT2D eigenvalue weighted by Gasteiger charge is -2.09. The fourth-order valence-electron chi connectivity index (χ4n) is 2.01. The number of carbonyl (C=O) groups excluding carboxylic acids is 1. The molecule has 0 aliphatic heterocycles. The van der Waals surface area contributed by atoms with Gasteiger partial charge in [-0.05, 0) is 40.5 Å². The number of hydrogen-bond donors (Lipinski definition) is 2. The lowest BCUT2D eigenvalue weighted by Crippen LogP contribution is -2.26. The largest absolute Gasteiger partial charge is 0.384 e. The number of anilines is 1. The Morgan fingerprint density at radius 3 is 2.62 bits per heavy atom. The average Bonchev–Trinajstić information content (AvgIpc) is 2.55. The van der Waals surface area contributed by atoms with E-state index >= 15 is 0 Å². The summed E-state index contributed by atoms with van der Waals surface area (Å²) in [5.41, 5.74) is 1.16. The molecule has 1 amide bonds. The van der Waals surface area contributed by atoms with Crippen molar-refractivity contribution < 1.29 is 9.72 Å². The van der Waals surface area contributed by atoms with Gasteiger partial charge in [-0.1, -0.05) is 23.7 Å². The zero-order valence-corrected chi connectivity index (χ0v) is 14.9. The number of nitro groups is 1. The van der Waals surface area contributed by atoms with E-state index in [-0.39, 0.29) is 11.6 Å². The number of halogens is 2. The minimum absolute atomic E-state index is 0.0498. The summed E-state index contributed by atoms with van der Waals surface area (Å²) in [6, 6.07) is 11.5. The van der Waals surface area contributed by atoms with Gasteiger partial charge < -0.3 is 10.6 Å². The summed E-state index contributed by atoms with van der Waals surface area (Å²) in [6.45, 7) is 1.07. The Hall–Kier alpha value is -2.12. The van der Waals surface area contributed by atoms with Crippen LogP contribution in [0.3, 0.4) is 0 Å². The third kappa shape index (κ3) is 4.94. The van der Waals surface area contributed by atoms with Gasteiger partial charge in [0, 0.05) is 29.7 Å². The first-order valence-corrected chi connectivity index (χ1v) is 8.36. The Morgan fingerprint density at radius 1 is 1.21 bits per heavy atom. The average molecular weight is 413 g/mol. The van der Waals surface area contributed by atoms with Crippen molar-refractivity contribution in [1.29, 1.82) is 0 Å². The molecule has 0 saturated heterocycles. The quantitative estimate of drug-likeness (QED) is 0.405. The molecule has 0 fully saturated rings. The third-order valence-electron chi connectivity index (χ3n) is 3.24. The van der Waals surface area contributed by atoms with Gasteiger partial charge in [0.1, 0.15) is 0 Å². The van der Waals surface area contributed by atoms with Crippen LogP contribution in [-0.4, -0.2) is 23.9 Å². The first-order valence-electron chi connectivity index (χ1n) is 7.19. The molecule has 0 saturated carbocycles. The number of nitro benzene ring substituents is 1. The lowest BCUT2D eigenvalue weighted by molar-refractivity contribution is -0.384. The van der Waals surface area contributed by atoms with E-state index in [0.29, 0.717) is 35.8 Å². The molecule has 8 heteroatoms. The Bertz CT molecular complexity index is 755. The van der Waals surface area contributed by atoms with Crippen molar-refractivity contribution in [3.8, 4) is 0 Å². The third-order valence-corrected chi connectivity index (χ3v) is 4.24. The number of nitrogens with zero attached hydrogens (tertiary/aromatic N) is 1. The molecule has 0 aliphatic rings. The van der Waals surface area contributed by atoms with Crippen LogP contribution >= 0.6 is 27.5 Å². The minimum Gasteiger partial charge on any atom is -0.384 e. The van der Waals surface area contributed by atoms with E-state index in [1.54, 1.807) is 18.2 Å². The van der Waals surface area contributed by atoms with E-state index < -0.39 is 4.92 Å². The summed E-state index contributed by atoms with van der Waals surface area (Å²) < 4.78 is 0.748. The van der Waals surface area contributed by atoms with Crippen molar-refractivity contribution in [2.45, 2.75) is 6.42 Å². The number of carbonyl (C=O) groups is 1. The maximum atomic E-state index is 12.0. The number of non-ortho nitro benzene ring substituents is 1. The molecule has 2 aromatic carbocycles. The van der Waals surface area contributed by atoms with Crippen LogP contribution < -0.4 is 10.6 Å². The number of hydrogen-bond acceptors (Lipinski definition) is 4. The molecule has 0 heterocycles. The van der Waals surface area contributed by atoms with Crippen molar-refractivity contribution in [2.75, 3.05) is 18.4 Å². The first kappa shape index (κ1) is 18.2. The SMILES string of the molecule is O=C(NCCCNc1ccc([N+](=O)[O-])cc1Cl)c1ccccc1Br. The van der Waals surface area contributed by atoms with Gasteiger partial charge in [-0.15, -0.1) is 0 Å². The highest BCUT2D eigenvalue weighted by molar-refractivity contribution is 9.10. The molecule has 0 unspecified atom stereocenters. The smallest absolute Gasteiger partial charge is 0.271 e. The predicted octanol–water partition coefficient (Wildman–Crippen LogP) is 4.24. The maximum Gasteiger partial charge on any atom is 0.271 e. The minimum atomic E-state index is -0.493. The number of amides is 1. The Balaban J connectivity index is 1.76. The van der Waals surface area contributed by atoms with Crippen LogP contribution in [0.1, 0.15) is 16.8 Å². The highest BCUT2D eigenvalue weighted by atomic mass is 79.9. The fraction of sp³-hybridized carbons (Fsp3) is 0.188. The van der Waals surface area contributed by atoms with Crippen molar-refractivity contribution in [3.63, 3.8) is 0 Å². The molecule has 2 aromatic rings. The van der Waals surface area contributed by atoms with Crippen molar-refractivity contribution >= 4 is 44.8 Å². The molecule has 0 atom stereocenters. The van der Waals surface area contributed by atoms with Gasteiger partial charge in [0.2, 0.25) is 0 Å². The molecule has 126 valence electrons. The molecule has 2 rings (SSSR count). The van der Waals surface area contributed by atoms with E-state index in [2.05, 4.69) is 26.6 Å². The molecule has 0 bridgehead atoms. The number of rotatable bonds is 7. The molecule has 2 N–H and O–H groups in total. The van der Waals surface area contributed by atoms with Crippen molar-refractivity contribution in [1.82, 2.24) is 5.32 Å². The topological polar surface area (TPSA) is 84.3 Å². The monoisotopic (exact) mass is 411 g/mol. The fourth-order valence-corrected chi connectivity index (χ4v) is 2.72. The molecule has 0 aliphatic carbocycles. The van der Waals surface area contributed by atoms with Gasteiger partial charge in [0.15, 0.2) is 0 Å². The van der Waals surface area contributed by atoms with Crippen LogP contribution in [0.2, 0.25) is 5.02 Å². The van der Waals surface area contributed by atoms with Crippen LogP contribution in [0.15, 0.2) is 46.9 Å². The number of nitrogens with one attached hydrogen (secondary N) is 2. The van der Waals surface area contributed by atoms with Crippen LogP contribution in [0.25, 0.3) is 0 Å². The van der Waals surface area contributed by atoms with E-state index in [9.17, 15) is 14.9 Å². The highest BCUT2D eigenvalue weighted by Crippen LogP contribution is 2.26. The normalized spacial score (nSPS) is 10.2. The van der Waals surface area contributed by atoms with Gasteiger partial charge in [-0.3, -0.25) is 14.9 Å². The van der Waals surface area contributed by atoms with Gasteiger partial charge in [-0.25, -0.2) is 0 Å². The summed E-state index contributed by atoms with van der Waals surface area (Å²) in [4.78, 5) is 22.2. The van der Waals surface area contributed by atoms with Gasteiger partial charge in [-0.2, -0.15) is 0 Å². The molecule has 0 spiro atoms. The van der Waals surface area contributed by atoms with E-state index in [0.717, 1.165) is 4.47 Å². The zero-order valence-electron chi connectivity index (χ0n) is 12.6. The molecular formula is C16H15BrClN3O3. The number of benzene rings is 2. The van der Waals surface area contributed by atoms with E-state index in [4.69, 9.17) is 11.6 Å².